The third kappa shape index (κ3) is 6.97. The fourth-order valence-electron chi connectivity index (χ4n) is 2.66. The molecule has 0 aromatic carbocycles. The summed E-state index contributed by atoms with van der Waals surface area (Å²) in [6.07, 6.45) is 2.20. The molecule has 2 heterocycles. The van der Waals surface area contributed by atoms with Gasteiger partial charge >= 0.3 is 5.69 Å². The van der Waals surface area contributed by atoms with Crippen molar-refractivity contribution in [3.63, 3.8) is 0 Å². The minimum Gasteiger partial charge on any atom is -0.383 e. The summed E-state index contributed by atoms with van der Waals surface area (Å²) < 4.78 is 2.78. The van der Waals surface area contributed by atoms with Crippen molar-refractivity contribution in [2.45, 2.75) is 55.3 Å². The number of H-pyrrole nitrogens is 1. The number of rotatable bonds is 12. The largest absolute Gasteiger partial charge is 0.383 e. The SMILES string of the molecule is C=C(C)CSc1nnc(SCC(=O)N(CCCC)c2c(N)n(CCC)c(=O)[nH]c2=O)s1. The van der Waals surface area contributed by atoms with Crippen molar-refractivity contribution in [3.05, 3.63) is 33.0 Å². The van der Waals surface area contributed by atoms with Crippen LogP contribution in [0.25, 0.3) is 0 Å². The fraction of sp³-hybridized carbons (Fsp3) is 0.526. The van der Waals surface area contributed by atoms with Crippen LogP contribution in [0, 0.1) is 0 Å². The summed E-state index contributed by atoms with van der Waals surface area (Å²) in [7, 11) is 0. The highest BCUT2D eigenvalue weighted by Gasteiger charge is 2.24. The molecular formula is C19H28N6O3S3. The summed E-state index contributed by atoms with van der Waals surface area (Å²) in [5.41, 5.74) is 6.01. The number of nitrogens with two attached hydrogens (primary N) is 1. The molecule has 9 nitrogen and oxygen atoms in total. The number of amides is 1. The molecule has 2 aromatic rings. The van der Waals surface area contributed by atoms with Crippen LogP contribution in [-0.4, -0.2) is 43.7 Å². The van der Waals surface area contributed by atoms with Crippen LogP contribution in [-0.2, 0) is 11.3 Å². The van der Waals surface area contributed by atoms with Gasteiger partial charge < -0.3 is 10.6 Å². The number of nitrogen functional groups attached to an aromatic ring is 1. The number of carbonyl (C=O) groups is 1. The number of anilines is 2. The monoisotopic (exact) mass is 484 g/mol. The lowest BCUT2D eigenvalue weighted by molar-refractivity contribution is -0.116. The van der Waals surface area contributed by atoms with Gasteiger partial charge in [0.15, 0.2) is 14.4 Å². The molecule has 0 atom stereocenters. The van der Waals surface area contributed by atoms with E-state index in [-0.39, 0.29) is 23.2 Å². The number of aromatic nitrogens is 4. The molecule has 0 saturated carbocycles. The molecule has 0 bridgehead atoms. The van der Waals surface area contributed by atoms with Crippen molar-refractivity contribution >= 4 is 52.3 Å². The van der Waals surface area contributed by atoms with Crippen LogP contribution in [0.15, 0.2) is 30.4 Å². The topological polar surface area (TPSA) is 127 Å². The summed E-state index contributed by atoms with van der Waals surface area (Å²) >= 11 is 4.23. The number of carbonyl (C=O) groups excluding carboxylic acids is 1. The van der Waals surface area contributed by atoms with Crippen molar-refractivity contribution in [3.8, 4) is 0 Å². The predicted octanol–water partition coefficient (Wildman–Crippen LogP) is 2.97. The first-order valence-corrected chi connectivity index (χ1v) is 12.7. The molecule has 12 heteroatoms. The number of nitrogens with zero attached hydrogens (tertiary/aromatic N) is 4. The quantitative estimate of drug-likeness (QED) is 0.348. The highest BCUT2D eigenvalue weighted by Crippen LogP contribution is 2.30. The van der Waals surface area contributed by atoms with Gasteiger partial charge in [-0.25, -0.2) is 4.79 Å². The van der Waals surface area contributed by atoms with Gasteiger partial charge in [0.05, 0.1) is 5.75 Å². The fourth-order valence-corrected chi connectivity index (χ4v) is 5.40. The van der Waals surface area contributed by atoms with Gasteiger partial charge in [0.25, 0.3) is 5.56 Å². The second kappa shape index (κ2) is 12.1. The lowest BCUT2D eigenvalue weighted by atomic mass is 10.2. The molecule has 0 aliphatic rings. The lowest BCUT2D eigenvalue weighted by Crippen LogP contribution is -2.42. The molecule has 1 amide bonds. The van der Waals surface area contributed by atoms with Crippen LogP contribution in [0.4, 0.5) is 11.5 Å². The van der Waals surface area contributed by atoms with E-state index < -0.39 is 11.2 Å². The highest BCUT2D eigenvalue weighted by molar-refractivity contribution is 8.03. The molecule has 2 rings (SSSR count). The van der Waals surface area contributed by atoms with Gasteiger partial charge in [-0.2, -0.15) is 0 Å². The number of thioether (sulfide) groups is 2. The van der Waals surface area contributed by atoms with Crippen LogP contribution >= 0.6 is 34.9 Å². The van der Waals surface area contributed by atoms with Crippen molar-refractivity contribution in [1.82, 2.24) is 19.7 Å². The van der Waals surface area contributed by atoms with Crippen molar-refractivity contribution in [2.24, 2.45) is 0 Å². The van der Waals surface area contributed by atoms with Crippen LogP contribution in [0.2, 0.25) is 0 Å². The van der Waals surface area contributed by atoms with Crippen molar-refractivity contribution < 1.29 is 4.79 Å². The molecule has 170 valence electrons. The van der Waals surface area contributed by atoms with Gasteiger partial charge in [0, 0.05) is 18.8 Å². The Labute approximate surface area is 193 Å². The molecule has 2 aromatic heterocycles. The zero-order valence-electron chi connectivity index (χ0n) is 18.0. The van der Waals surface area contributed by atoms with E-state index in [1.54, 1.807) is 11.8 Å². The molecule has 3 N–H and O–H groups in total. The summed E-state index contributed by atoms with van der Waals surface area (Å²) in [6, 6.07) is 0. The van der Waals surface area contributed by atoms with Crippen LogP contribution in [0.1, 0.15) is 40.0 Å². The summed E-state index contributed by atoms with van der Waals surface area (Å²) in [6.45, 7) is 10.4. The minimum absolute atomic E-state index is 0.0134. The van der Waals surface area contributed by atoms with E-state index in [1.165, 1.54) is 32.6 Å². The molecule has 0 radical (unpaired) electrons. The Balaban J connectivity index is 2.22. The summed E-state index contributed by atoms with van der Waals surface area (Å²) in [5, 5.41) is 8.24. The van der Waals surface area contributed by atoms with E-state index in [0.717, 1.165) is 22.1 Å². The average Bonchev–Trinajstić information content (AvgIpc) is 3.18. The van der Waals surface area contributed by atoms with E-state index in [0.29, 0.717) is 30.3 Å². The van der Waals surface area contributed by atoms with Gasteiger partial charge in [-0.15, -0.1) is 10.2 Å². The van der Waals surface area contributed by atoms with Crippen LogP contribution in [0.5, 0.6) is 0 Å². The van der Waals surface area contributed by atoms with Crippen LogP contribution in [0.3, 0.4) is 0 Å². The number of aromatic amines is 1. The molecule has 0 aliphatic carbocycles. The van der Waals surface area contributed by atoms with E-state index in [9.17, 15) is 14.4 Å². The third-order valence-electron chi connectivity index (χ3n) is 4.12. The Morgan fingerprint density at radius 3 is 2.42 bits per heavy atom. The molecule has 0 spiro atoms. The molecule has 31 heavy (non-hydrogen) atoms. The van der Waals surface area contributed by atoms with Crippen molar-refractivity contribution in [1.29, 1.82) is 0 Å². The maximum atomic E-state index is 13.1. The Bertz CT molecular complexity index is 1030. The van der Waals surface area contributed by atoms with E-state index >= 15 is 0 Å². The Hall–Kier alpha value is -2.05. The molecule has 0 fully saturated rings. The molecular weight excluding hydrogens is 456 g/mol. The zero-order valence-corrected chi connectivity index (χ0v) is 20.4. The number of nitrogens with one attached hydrogen (secondary N) is 1. The zero-order chi connectivity index (χ0) is 23.0. The number of hydrogen-bond acceptors (Lipinski definition) is 9. The molecule has 0 unspecified atom stereocenters. The van der Waals surface area contributed by atoms with Crippen molar-refractivity contribution in [2.75, 3.05) is 28.7 Å². The predicted molar refractivity (Wildman–Crippen MR) is 129 cm³/mol. The summed E-state index contributed by atoms with van der Waals surface area (Å²) in [5.74, 6) is 0.580. The number of unbranched alkanes of at least 4 members (excludes halogenated alkanes) is 1. The first-order chi connectivity index (χ1) is 14.8. The maximum absolute atomic E-state index is 13.1. The van der Waals surface area contributed by atoms with E-state index in [1.807, 2.05) is 20.8 Å². The second-order valence-corrected chi connectivity index (χ2v) is 10.3. The third-order valence-corrected chi connectivity index (χ3v) is 7.52. The van der Waals surface area contributed by atoms with Gasteiger partial charge in [0.2, 0.25) is 5.91 Å². The first-order valence-electron chi connectivity index (χ1n) is 9.94. The Kier molecular flexibility index (Phi) is 9.85. The average molecular weight is 485 g/mol. The molecule has 0 aliphatic heterocycles. The van der Waals surface area contributed by atoms with Gasteiger partial charge in [-0.3, -0.25) is 19.1 Å². The highest BCUT2D eigenvalue weighted by atomic mass is 32.2. The number of hydrogen-bond donors (Lipinski definition) is 2. The normalized spacial score (nSPS) is 10.9. The van der Waals surface area contributed by atoms with Gasteiger partial charge in [-0.1, -0.05) is 67.3 Å². The minimum atomic E-state index is -0.654. The van der Waals surface area contributed by atoms with E-state index in [2.05, 4.69) is 21.8 Å². The van der Waals surface area contributed by atoms with Gasteiger partial charge in [0.1, 0.15) is 5.82 Å². The Morgan fingerprint density at radius 1 is 1.19 bits per heavy atom. The Morgan fingerprint density at radius 2 is 1.84 bits per heavy atom. The summed E-state index contributed by atoms with van der Waals surface area (Å²) in [4.78, 5) is 41.4. The standard InChI is InChI=1S/C19H28N6O3S3/c1-5-7-9-24(14-15(20)25(8-6-2)17(28)21-16(14)27)13(26)11-30-19-23-22-18(31-19)29-10-12(3)4/h3,5-11,20H2,1-2,4H3,(H,21,27,28). The smallest absolute Gasteiger partial charge is 0.330 e. The lowest BCUT2D eigenvalue weighted by Gasteiger charge is -2.24. The first kappa shape index (κ1) is 25.2. The maximum Gasteiger partial charge on any atom is 0.330 e. The van der Waals surface area contributed by atoms with E-state index in [4.69, 9.17) is 5.73 Å². The molecule has 0 saturated heterocycles. The van der Waals surface area contributed by atoms with Gasteiger partial charge in [-0.05, 0) is 19.8 Å². The van der Waals surface area contributed by atoms with Crippen LogP contribution < -0.4 is 21.9 Å². The second-order valence-electron chi connectivity index (χ2n) is 6.91.